The normalized spacial score (nSPS) is 12.9. The number of thiol groups is 1. The largest absolute Gasteiger partial charge is 0.493 e. The van der Waals surface area contributed by atoms with Gasteiger partial charge in [0.25, 0.3) is 0 Å². The molecule has 11 nitrogen and oxygen atoms in total. The summed E-state index contributed by atoms with van der Waals surface area (Å²) in [4.78, 5) is 49.9. The minimum atomic E-state index is -0.836. The van der Waals surface area contributed by atoms with E-state index in [4.69, 9.17) is 19.9 Å². The van der Waals surface area contributed by atoms with Gasteiger partial charge in [0.1, 0.15) is 12.1 Å². The first-order valence-electron chi connectivity index (χ1n) is 13.9. The molecule has 12 heteroatoms. The number of nitrogens with one attached hydrogen (secondary N) is 3. The first-order chi connectivity index (χ1) is 19.2. The maximum atomic E-state index is 13.2. The maximum Gasteiger partial charge on any atom is 0.407 e. The highest BCUT2D eigenvalue weighted by molar-refractivity contribution is 7.80. The number of carbonyl (C=O) groups excluding carboxylic acids is 4. The van der Waals surface area contributed by atoms with Crippen molar-refractivity contribution < 1.29 is 33.4 Å². The lowest BCUT2D eigenvalue weighted by molar-refractivity contribution is -0.141. The number of benzene rings is 1. The molecule has 1 rings (SSSR count). The molecule has 0 aromatic heterocycles. The van der Waals surface area contributed by atoms with Crippen molar-refractivity contribution in [1.82, 2.24) is 16.0 Å². The monoisotopic (exact) mass is 582 g/mol. The molecule has 0 saturated heterocycles. The molecule has 0 saturated carbocycles. The highest BCUT2D eigenvalue weighted by Crippen LogP contribution is 2.32. The van der Waals surface area contributed by atoms with E-state index >= 15 is 0 Å². The number of carbonyl (C=O) groups is 4. The Morgan fingerprint density at radius 2 is 1.75 bits per heavy atom. The fraction of sp³-hybridized carbons (Fsp3) is 0.643. The van der Waals surface area contributed by atoms with Crippen molar-refractivity contribution in [2.24, 2.45) is 11.7 Å². The summed E-state index contributed by atoms with van der Waals surface area (Å²) in [5, 5.41) is 8.20. The van der Waals surface area contributed by atoms with Crippen LogP contribution in [0, 0.1) is 5.92 Å². The Hall–Kier alpha value is -2.99. The zero-order chi connectivity index (χ0) is 29.9. The predicted molar refractivity (Wildman–Crippen MR) is 157 cm³/mol. The van der Waals surface area contributed by atoms with Crippen LogP contribution in [0.5, 0.6) is 11.5 Å². The van der Waals surface area contributed by atoms with Crippen molar-refractivity contribution in [3.63, 3.8) is 0 Å². The van der Waals surface area contributed by atoms with Crippen molar-refractivity contribution in [2.45, 2.75) is 77.9 Å². The van der Waals surface area contributed by atoms with Gasteiger partial charge in [-0.25, -0.2) is 9.59 Å². The molecule has 1 aromatic rings. The van der Waals surface area contributed by atoms with Crippen LogP contribution in [0.3, 0.4) is 0 Å². The van der Waals surface area contributed by atoms with Gasteiger partial charge in [-0.15, -0.1) is 0 Å². The third-order valence-electron chi connectivity index (χ3n) is 6.25. The van der Waals surface area contributed by atoms with Gasteiger partial charge in [-0.05, 0) is 55.2 Å². The van der Waals surface area contributed by atoms with Crippen LogP contribution in [0.4, 0.5) is 4.79 Å². The van der Waals surface area contributed by atoms with E-state index in [9.17, 15) is 19.2 Å². The Bertz CT molecular complexity index is 947. The van der Waals surface area contributed by atoms with Crippen LogP contribution < -0.4 is 31.2 Å². The molecule has 1 aromatic carbocycles. The highest BCUT2D eigenvalue weighted by atomic mass is 32.1. The number of ether oxygens (including phenoxy) is 3. The maximum absolute atomic E-state index is 13.2. The summed E-state index contributed by atoms with van der Waals surface area (Å²) in [7, 11) is 1.42. The van der Waals surface area contributed by atoms with E-state index < -0.39 is 24.2 Å². The molecule has 0 aliphatic rings. The lowest BCUT2D eigenvalue weighted by atomic mass is 9.99. The molecule has 0 bridgehead atoms. The van der Waals surface area contributed by atoms with E-state index in [0.717, 1.165) is 19.3 Å². The van der Waals surface area contributed by atoms with Crippen molar-refractivity contribution in [1.29, 1.82) is 0 Å². The van der Waals surface area contributed by atoms with Gasteiger partial charge in [0, 0.05) is 19.4 Å². The number of amides is 3. The third-order valence-corrected chi connectivity index (χ3v) is 6.48. The third kappa shape index (κ3) is 12.9. The second-order valence-electron chi connectivity index (χ2n) is 9.46. The lowest BCUT2D eigenvalue weighted by Crippen LogP contribution is -2.47. The molecular weight excluding hydrogens is 536 g/mol. The van der Waals surface area contributed by atoms with Crippen molar-refractivity contribution >= 4 is 36.5 Å². The number of esters is 1. The van der Waals surface area contributed by atoms with Gasteiger partial charge in [-0.3, -0.25) is 9.59 Å². The van der Waals surface area contributed by atoms with Crippen LogP contribution >= 0.6 is 12.6 Å². The summed E-state index contributed by atoms with van der Waals surface area (Å²) in [6.07, 6.45) is 2.83. The Morgan fingerprint density at radius 1 is 1.00 bits per heavy atom. The van der Waals surface area contributed by atoms with Crippen molar-refractivity contribution in [2.75, 3.05) is 32.5 Å². The molecule has 0 radical (unpaired) electrons. The van der Waals surface area contributed by atoms with Crippen LogP contribution in [-0.4, -0.2) is 62.4 Å². The SMILES string of the molecule is CCCNC(=O)OC(CNC(=O)CCS)c1ccc(OC(=O)[C@@H](NC(=O)CCCCCN)[C@@H](C)CC)c(OC)c1. The van der Waals surface area contributed by atoms with E-state index in [2.05, 4.69) is 28.6 Å². The number of alkyl carbamates (subject to hydrolysis) is 1. The van der Waals surface area contributed by atoms with Gasteiger partial charge in [0.05, 0.1) is 13.7 Å². The van der Waals surface area contributed by atoms with E-state index in [0.29, 0.717) is 43.7 Å². The summed E-state index contributed by atoms with van der Waals surface area (Å²) in [5.41, 5.74) is 6.03. The summed E-state index contributed by atoms with van der Waals surface area (Å²) in [6.45, 7) is 6.77. The molecule has 0 heterocycles. The molecule has 1 unspecified atom stereocenters. The quantitative estimate of drug-likeness (QED) is 0.0720. The van der Waals surface area contributed by atoms with Crippen LogP contribution in [0.2, 0.25) is 0 Å². The number of rotatable bonds is 19. The Morgan fingerprint density at radius 3 is 2.38 bits per heavy atom. The number of nitrogens with two attached hydrogens (primary N) is 1. The molecule has 0 spiro atoms. The Labute approximate surface area is 243 Å². The molecule has 40 heavy (non-hydrogen) atoms. The molecule has 3 atom stereocenters. The van der Waals surface area contributed by atoms with Crippen molar-refractivity contribution in [3.8, 4) is 11.5 Å². The number of unbranched alkanes of at least 4 members (excludes halogenated alkanes) is 2. The molecule has 0 aliphatic heterocycles. The van der Waals surface area contributed by atoms with E-state index in [-0.39, 0.29) is 42.2 Å². The standard InChI is InChI=1S/C28H46N4O7S/c1-5-15-30-28(36)39-23(18-31-24(33)13-16-40)20-11-12-21(22(17-20)37-4)38-27(35)26(19(3)6-2)32-25(34)10-8-7-9-14-29/h11-12,17,19,23,26,40H,5-10,13-16,18,29H2,1-4H3,(H,30,36)(H,31,33)(H,32,34)/t19-,23?,26-/m0/s1. The molecule has 226 valence electrons. The molecule has 0 aliphatic carbocycles. The second-order valence-corrected chi connectivity index (χ2v) is 9.91. The average Bonchev–Trinajstić information content (AvgIpc) is 2.94. The van der Waals surface area contributed by atoms with Gasteiger partial charge in [0.15, 0.2) is 11.5 Å². The van der Waals surface area contributed by atoms with Crippen LogP contribution in [0.25, 0.3) is 0 Å². The summed E-state index contributed by atoms with van der Waals surface area (Å²) >= 11 is 4.07. The van der Waals surface area contributed by atoms with Gasteiger partial charge in [-0.1, -0.05) is 39.7 Å². The Kier molecular flexibility index (Phi) is 17.5. The number of methoxy groups -OCH3 is 1. The summed E-state index contributed by atoms with van der Waals surface area (Å²) in [6, 6.07) is 3.91. The van der Waals surface area contributed by atoms with E-state index in [1.165, 1.54) is 13.2 Å². The molecule has 0 fully saturated rings. The topological polar surface area (TPSA) is 158 Å². The van der Waals surface area contributed by atoms with Crippen molar-refractivity contribution in [3.05, 3.63) is 23.8 Å². The fourth-order valence-electron chi connectivity index (χ4n) is 3.68. The second kappa shape index (κ2) is 20.0. The molecular formula is C28H46N4O7S. The number of hydrogen-bond acceptors (Lipinski definition) is 9. The smallest absolute Gasteiger partial charge is 0.407 e. The average molecular weight is 583 g/mol. The minimum absolute atomic E-state index is 0.0296. The fourth-order valence-corrected chi connectivity index (χ4v) is 3.89. The first kappa shape index (κ1) is 35.0. The van der Waals surface area contributed by atoms with E-state index in [1.54, 1.807) is 12.1 Å². The first-order valence-corrected chi connectivity index (χ1v) is 14.5. The molecule has 5 N–H and O–H groups in total. The van der Waals surface area contributed by atoms with Crippen LogP contribution in [0.1, 0.15) is 77.4 Å². The lowest BCUT2D eigenvalue weighted by Gasteiger charge is -2.24. The minimum Gasteiger partial charge on any atom is -0.493 e. The summed E-state index contributed by atoms with van der Waals surface area (Å²) < 4.78 is 16.7. The highest BCUT2D eigenvalue weighted by Gasteiger charge is 2.29. The van der Waals surface area contributed by atoms with Crippen LogP contribution in [-0.2, 0) is 19.1 Å². The number of hydrogen-bond donors (Lipinski definition) is 5. The van der Waals surface area contributed by atoms with Gasteiger partial charge in [0.2, 0.25) is 11.8 Å². The Balaban J connectivity index is 3.08. The zero-order valence-corrected chi connectivity index (χ0v) is 25.0. The van der Waals surface area contributed by atoms with Gasteiger partial charge < -0.3 is 35.9 Å². The molecule has 3 amide bonds. The van der Waals surface area contributed by atoms with Gasteiger partial charge in [-0.2, -0.15) is 12.6 Å². The summed E-state index contributed by atoms with van der Waals surface area (Å²) in [5.74, 6) is -0.460. The van der Waals surface area contributed by atoms with Crippen LogP contribution in [0.15, 0.2) is 18.2 Å². The predicted octanol–water partition coefficient (Wildman–Crippen LogP) is 3.26. The van der Waals surface area contributed by atoms with Gasteiger partial charge >= 0.3 is 12.1 Å². The zero-order valence-electron chi connectivity index (χ0n) is 24.1. The van der Waals surface area contributed by atoms with E-state index in [1.807, 2.05) is 20.8 Å².